The van der Waals surface area contributed by atoms with Gasteiger partial charge in [-0.2, -0.15) is 5.10 Å². The highest BCUT2D eigenvalue weighted by atomic mass is 19.1. The molecule has 2 atom stereocenters. The van der Waals surface area contributed by atoms with Gasteiger partial charge in [-0.25, -0.2) is 9.82 Å². The van der Waals surface area contributed by atoms with E-state index in [4.69, 9.17) is 4.42 Å². The molecule has 2 saturated carbocycles. The van der Waals surface area contributed by atoms with Crippen LogP contribution in [0.4, 0.5) is 4.39 Å². The van der Waals surface area contributed by atoms with Gasteiger partial charge in [0.1, 0.15) is 11.6 Å². The van der Waals surface area contributed by atoms with Crippen molar-refractivity contribution in [2.75, 3.05) is 0 Å². The second-order valence-corrected chi connectivity index (χ2v) is 8.16. The molecule has 5 heteroatoms. The fourth-order valence-electron chi connectivity index (χ4n) is 4.50. The van der Waals surface area contributed by atoms with Crippen molar-refractivity contribution >= 4 is 11.6 Å². The Morgan fingerprint density at radius 1 is 1.19 bits per heavy atom. The van der Waals surface area contributed by atoms with Crippen LogP contribution in [0, 0.1) is 22.6 Å². The maximum absolute atomic E-state index is 13.0. The molecule has 0 unspecified atom stereocenters. The van der Waals surface area contributed by atoms with Gasteiger partial charge >= 0.3 is 5.91 Å². The highest BCUT2D eigenvalue weighted by Gasteiger charge is 2.60. The minimum atomic E-state index is -0.366. The van der Waals surface area contributed by atoms with Crippen LogP contribution >= 0.6 is 0 Å². The smallest absolute Gasteiger partial charge is 0.307 e. The summed E-state index contributed by atoms with van der Waals surface area (Å²) in [6.07, 6.45) is 3.30. The summed E-state index contributed by atoms with van der Waals surface area (Å²) in [7, 11) is 0. The van der Waals surface area contributed by atoms with Gasteiger partial charge in [-0.05, 0) is 67.0 Å². The zero-order valence-corrected chi connectivity index (χ0v) is 15.3. The highest BCUT2D eigenvalue weighted by molar-refractivity contribution is 5.97. The maximum atomic E-state index is 13.0. The van der Waals surface area contributed by atoms with Gasteiger partial charge in [0.25, 0.3) is 0 Å². The number of nitrogens with zero attached hydrogens (tertiary/aromatic N) is 1. The third kappa shape index (κ3) is 2.49. The predicted molar refractivity (Wildman–Crippen MR) is 98.2 cm³/mol. The van der Waals surface area contributed by atoms with Crippen LogP contribution in [0.1, 0.15) is 50.6 Å². The predicted octanol–water partition coefficient (Wildman–Crippen LogP) is 5.02. The van der Waals surface area contributed by atoms with Crippen molar-refractivity contribution < 1.29 is 13.6 Å². The summed E-state index contributed by atoms with van der Waals surface area (Å²) in [6.45, 7) is 6.86. The third-order valence-corrected chi connectivity index (χ3v) is 6.76. The molecule has 0 radical (unpaired) electrons. The Labute approximate surface area is 152 Å². The average Bonchev–Trinajstić information content (AvgIpc) is 3.23. The second-order valence-electron chi connectivity index (χ2n) is 8.16. The van der Waals surface area contributed by atoms with Crippen LogP contribution in [0.2, 0.25) is 0 Å². The van der Waals surface area contributed by atoms with E-state index in [1.165, 1.54) is 18.6 Å². The number of furan rings is 1. The summed E-state index contributed by atoms with van der Waals surface area (Å²) in [6, 6.07) is 9.28. The largest absolute Gasteiger partial charge is 0.451 e. The van der Waals surface area contributed by atoms with Crippen molar-refractivity contribution in [1.29, 1.82) is 0 Å². The Bertz CT molecular complexity index is 882. The molecule has 1 aromatic carbocycles. The number of carbonyl (C=O) groups excluding carboxylic acids is 1. The Kier molecular flexibility index (Phi) is 3.79. The Morgan fingerprint density at radius 3 is 2.54 bits per heavy atom. The van der Waals surface area contributed by atoms with Crippen molar-refractivity contribution in [3.63, 3.8) is 0 Å². The molecule has 136 valence electrons. The molecule has 1 amide bonds. The fraction of sp³-hybridized carbons (Fsp3) is 0.429. The van der Waals surface area contributed by atoms with Crippen LogP contribution in [0.25, 0.3) is 11.3 Å². The van der Waals surface area contributed by atoms with Crippen LogP contribution in [-0.2, 0) is 0 Å². The van der Waals surface area contributed by atoms with Gasteiger partial charge < -0.3 is 4.42 Å². The molecule has 1 N–H and O–H groups in total. The zero-order valence-electron chi connectivity index (χ0n) is 15.3. The molecule has 1 aromatic heterocycles. The first-order valence-corrected chi connectivity index (χ1v) is 9.04. The lowest BCUT2D eigenvalue weighted by molar-refractivity contribution is 0.0927. The number of benzene rings is 1. The lowest BCUT2D eigenvalue weighted by atomic mass is 9.70. The lowest BCUT2D eigenvalue weighted by Crippen LogP contribution is -2.34. The average molecular weight is 354 g/mol. The number of amides is 1. The van der Waals surface area contributed by atoms with Crippen molar-refractivity contribution in [3.8, 4) is 11.3 Å². The SMILES string of the molecule is CC1(C)[C@H]2CC[C@@]1(C)/C(=N/NC(=O)c1ccc(-c3ccc(F)cc3)o1)C2. The van der Waals surface area contributed by atoms with E-state index in [2.05, 4.69) is 31.3 Å². The molecule has 4 nitrogen and oxygen atoms in total. The number of hydrogen-bond acceptors (Lipinski definition) is 3. The van der Waals surface area contributed by atoms with Crippen LogP contribution in [0.15, 0.2) is 45.9 Å². The number of nitrogens with one attached hydrogen (secondary N) is 1. The van der Waals surface area contributed by atoms with Crippen molar-refractivity contribution in [2.45, 2.75) is 40.0 Å². The Balaban J connectivity index is 1.49. The van der Waals surface area contributed by atoms with Gasteiger partial charge in [-0.15, -0.1) is 0 Å². The van der Waals surface area contributed by atoms with Crippen molar-refractivity contribution in [3.05, 3.63) is 48.0 Å². The van der Waals surface area contributed by atoms with E-state index in [1.54, 1.807) is 24.3 Å². The van der Waals surface area contributed by atoms with Gasteiger partial charge in [0.15, 0.2) is 5.76 Å². The molecule has 2 aliphatic rings. The van der Waals surface area contributed by atoms with Gasteiger partial charge in [0.05, 0.1) is 0 Å². The molecule has 26 heavy (non-hydrogen) atoms. The van der Waals surface area contributed by atoms with Crippen LogP contribution < -0.4 is 5.43 Å². The summed E-state index contributed by atoms with van der Waals surface area (Å²) in [5.74, 6) is 0.681. The molecule has 2 bridgehead atoms. The van der Waals surface area contributed by atoms with Gasteiger partial charge in [0, 0.05) is 16.7 Å². The highest BCUT2D eigenvalue weighted by Crippen LogP contribution is 2.63. The van der Waals surface area contributed by atoms with Gasteiger partial charge in [0.2, 0.25) is 0 Å². The first-order valence-electron chi connectivity index (χ1n) is 9.04. The summed E-state index contributed by atoms with van der Waals surface area (Å²) in [5, 5.41) is 4.45. The first kappa shape index (κ1) is 17.0. The molecule has 0 saturated heterocycles. The molecule has 4 rings (SSSR count). The number of hydrogen-bond donors (Lipinski definition) is 1. The van der Waals surface area contributed by atoms with Crippen LogP contribution in [-0.4, -0.2) is 11.6 Å². The normalized spacial score (nSPS) is 27.8. The first-order chi connectivity index (χ1) is 12.3. The molecule has 2 fully saturated rings. The third-order valence-electron chi connectivity index (χ3n) is 6.76. The van der Waals surface area contributed by atoms with E-state index in [0.29, 0.717) is 11.7 Å². The molecule has 0 aliphatic heterocycles. The number of hydrazone groups is 1. The van der Waals surface area contributed by atoms with Crippen molar-refractivity contribution in [1.82, 2.24) is 5.43 Å². The molecular formula is C21H23FN2O2. The standard InChI is InChI=1S/C21H23FN2O2/c1-20(2)14-10-11-21(20,3)18(12-14)23-24-19(25)17-9-8-16(26-17)13-4-6-15(22)7-5-13/h4-9,14H,10-12H2,1-3H3,(H,24,25)/b23-18+/t14-,21-/m0/s1. The Morgan fingerprint density at radius 2 is 1.92 bits per heavy atom. The fourth-order valence-corrected chi connectivity index (χ4v) is 4.50. The van der Waals surface area contributed by atoms with Crippen LogP contribution in [0.3, 0.4) is 0 Å². The zero-order chi connectivity index (χ0) is 18.5. The molecule has 2 aliphatic carbocycles. The number of halogens is 1. The molecule has 0 spiro atoms. The monoisotopic (exact) mass is 354 g/mol. The minimum Gasteiger partial charge on any atom is -0.451 e. The minimum absolute atomic E-state index is 0.0490. The maximum Gasteiger partial charge on any atom is 0.307 e. The second kappa shape index (κ2) is 5.79. The van der Waals surface area contributed by atoms with E-state index in [1.807, 2.05) is 0 Å². The number of rotatable bonds is 3. The molecular weight excluding hydrogens is 331 g/mol. The van der Waals surface area contributed by atoms with Gasteiger partial charge in [-0.1, -0.05) is 20.8 Å². The summed E-state index contributed by atoms with van der Waals surface area (Å²) >= 11 is 0. The molecule has 1 heterocycles. The Hall–Kier alpha value is -2.43. The van der Waals surface area contributed by atoms with Crippen molar-refractivity contribution in [2.24, 2.45) is 21.8 Å². The number of carbonyl (C=O) groups is 1. The summed E-state index contributed by atoms with van der Waals surface area (Å²) < 4.78 is 18.6. The lowest BCUT2D eigenvalue weighted by Gasteiger charge is -2.34. The van der Waals surface area contributed by atoms with Gasteiger partial charge in [-0.3, -0.25) is 4.79 Å². The van der Waals surface area contributed by atoms with Crippen LogP contribution in [0.5, 0.6) is 0 Å². The van der Waals surface area contributed by atoms with E-state index < -0.39 is 0 Å². The van der Waals surface area contributed by atoms with E-state index in [9.17, 15) is 9.18 Å². The summed E-state index contributed by atoms with van der Waals surface area (Å²) in [4.78, 5) is 12.4. The van der Waals surface area contributed by atoms with E-state index >= 15 is 0 Å². The quantitative estimate of drug-likeness (QED) is 0.787. The van der Waals surface area contributed by atoms with E-state index in [-0.39, 0.29) is 28.3 Å². The molecule has 2 aromatic rings. The van der Waals surface area contributed by atoms with E-state index in [0.717, 1.165) is 24.1 Å². The topological polar surface area (TPSA) is 54.6 Å². The number of fused-ring (bicyclic) bond motifs is 2. The summed E-state index contributed by atoms with van der Waals surface area (Å²) in [5.41, 5.74) is 4.73.